The van der Waals surface area contributed by atoms with Gasteiger partial charge in [-0.3, -0.25) is 4.99 Å². The predicted molar refractivity (Wildman–Crippen MR) is 108 cm³/mol. The summed E-state index contributed by atoms with van der Waals surface area (Å²) in [7, 11) is 1.37. The van der Waals surface area contributed by atoms with Gasteiger partial charge in [-0.05, 0) is 48.7 Å². The summed E-state index contributed by atoms with van der Waals surface area (Å²) in [6, 6.07) is 15.2. The molecule has 0 bridgehead atoms. The number of esters is 1. The van der Waals surface area contributed by atoms with Crippen molar-refractivity contribution in [2.45, 2.75) is 13.3 Å². The minimum atomic E-state index is -0.332. The van der Waals surface area contributed by atoms with Gasteiger partial charge >= 0.3 is 5.97 Å². The summed E-state index contributed by atoms with van der Waals surface area (Å²) in [5.74, 6) is 0.0583. The van der Waals surface area contributed by atoms with Crippen molar-refractivity contribution in [1.82, 2.24) is 0 Å². The van der Waals surface area contributed by atoms with E-state index in [1.54, 1.807) is 12.1 Å². The molecule has 0 atom stereocenters. The molecule has 0 fully saturated rings. The topological polar surface area (TPSA) is 76.7 Å². The molecule has 0 saturated heterocycles. The number of benzene rings is 2. The Kier molecular flexibility index (Phi) is 8.25. The van der Waals surface area contributed by atoms with E-state index in [-0.39, 0.29) is 29.9 Å². The number of halogens is 1. The number of anilines is 1. The number of methoxy groups -OCH3 is 1. The number of nitrogens with one attached hydrogen (secondary N) is 1. The van der Waals surface area contributed by atoms with Gasteiger partial charge in [0.1, 0.15) is 0 Å². The molecule has 5 nitrogen and oxygen atoms in total. The van der Waals surface area contributed by atoms with Crippen molar-refractivity contribution in [3.63, 3.8) is 0 Å². The van der Waals surface area contributed by atoms with E-state index in [1.165, 1.54) is 7.11 Å². The van der Waals surface area contributed by atoms with E-state index in [0.29, 0.717) is 18.1 Å². The van der Waals surface area contributed by atoms with E-state index >= 15 is 0 Å². The smallest absolute Gasteiger partial charge is 0.337 e. The van der Waals surface area contributed by atoms with Crippen molar-refractivity contribution in [3.05, 3.63) is 65.2 Å². The van der Waals surface area contributed by atoms with Gasteiger partial charge in [0.15, 0.2) is 5.96 Å². The quantitative estimate of drug-likeness (QED) is 0.324. The van der Waals surface area contributed by atoms with Gasteiger partial charge in [0, 0.05) is 12.2 Å². The Hall–Kier alpha value is -2.09. The second-order valence-corrected chi connectivity index (χ2v) is 5.20. The summed E-state index contributed by atoms with van der Waals surface area (Å²) < 4.78 is 4.67. The number of aliphatic imine (C=N–C) groups is 1. The van der Waals surface area contributed by atoms with E-state index in [0.717, 1.165) is 23.2 Å². The number of ether oxygens (including phenoxy) is 1. The molecule has 0 radical (unpaired) electrons. The molecule has 24 heavy (non-hydrogen) atoms. The van der Waals surface area contributed by atoms with Crippen LogP contribution >= 0.6 is 24.0 Å². The lowest BCUT2D eigenvalue weighted by Gasteiger charge is -2.06. The molecule has 0 saturated carbocycles. The summed E-state index contributed by atoms with van der Waals surface area (Å²) in [6.45, 7) is 2.60. The number of hydrogen-bond acceptors (Lipinski definition) is 3. The molecule has 128 valence electrons. The zero-order valence-electron chi connectivity index (χ0n) is 13.8. The molecule has 0 heterocycles. The molecule has 3 N–H and O–H groups in total. The summed E-state index contributed by atoms with van der Waals surface area (Å²) in [5.41, 5.74) is 9.59. The van der Waals surface area contributed by atoms with Crippen LogP contribution < -0.4 is 11.1 Å². The maximum Gasteiger partial charge on any atom is 0.337 e. The first kappa shape index (κ1) is 20.0. The average molecular weight is 439 g/mol. The Bertz CT molecular complexity index is 700. The van der Waals surface area contributed by atoms with E-state index < -0.39 is 0 Å². The maximum atomic E-state index is 11.4. The van der Waals surface area contributed by atoms with Crippen LogP contribution in [0.2, 0.25) is 0 Å². The van der Waals surface area contributed by atoms with Gasteiger partial charge in [-0.25, -0.2) is 4.79 Å². The number of rotatable bonds is 5. The molecule has 0 spiro atoms. The lowest BCUT2D eigenvalue weighted by Crippen LogP contribution is -2.23. The zero-order chi connectivity index (χ0) is 16.7. The minimum Gasteiger partial charge on any atom is -0.465 e. The molecule has 0 aliphatic rings. The third kappa shape index (κ3) is 6.19. The van der Waals surface area contributed by atoms with E-state index in [4.69, 9.17) is 5.73 Å². The largest absolute Gasteiger partial charge is 0.465 e. The number of aryl methyl sites for hydroxylation is 1. The van der Waals surface area contributed by atoms with Crippen molar-refractivity contribution in [2.24, 2.45) is 10.7 Å². The molecule has 2 aromatic rings. The highest BCUT2D eigenvalue weighted by Gasteiger charge is 2.04. The van der Waals surface area contributed by atoms with E-state index in [2.05, 4.69) is 15.0 Å². The molecule has 0 aromatic heterocycles. The van der Waals surface area contributed by atoms with Gasteiger partial charge in [-0.1, -0.05) is 24.3 Å². The monoisotopic (exact) mass is 439 g/mol. The van der Waals surface area contributed by atoms with Crippen LogP contribution in [0.25, 0.3) is 0 Å². The Balaban J connectivity index is 0.00000288. The molecule has 6 heteroatoms. The fourth-order valence-corrected chi connectivity index (χ4v) is 2.14. The molecular weight excluding hydrogens is 417 g/mol. The fraction of sp³-hybridized carbons (Fsp3) is 0.222. The third-order valence-electron chi connectivity index (χ3n) is 3.35. The summed E-state index contributed by atoms with van der Waals surface area (Å²) in [4.78, 5) is 15.7. The predicted octanol–water partition coefficient (Wildman–Crippen LogP) is 3.37. The highest BCUT2D eigenvalue weighted by molar-refractivity contribution is 14.0. The van der Waals surface area contributed by atoms with Crippen LogP contribution in [0.15, 0.2) is 53.5 Å². The molecule has 0 aliphatic carbocycles. The van der Waals surface area contributed by atoms with Gasteiger partial charge in [0.2, 0.25) is 0 Å². The Morgan fingerprint density at radius 2 is 1.92 bits per heavy atom. The highest BCUT2D eigenvalue weighted by atomic mass is 127. The molecule has 2 aromatic carbocycles. The Labute approximate surface area is 159 Å². The Morgan fingerprint density at radius 1 is 1.21 bits per heavy atom. The summed E-state index contributed by atoms with van der Waals surface area (Å²) >= 11 is 0. The minimum absolute atomic E-state index is 0. The second-order valence-electron chi connectivity index (χ2n) is 5.20. The average Bonchev–Trinajstić information content (AvgIpc) is 2.55. The summed E-state index contributed by atoms with van der Waals surface area (Å²) in [5, 5.41) is 3.07. The highest BCUT2D eigenvalue weighted by Crippen LogP contribution is 2.09. The SMILES string of the molecule is COC(=O)c1ccc(CCN=C(N)Nc2cccc(C)c2)cc1.I. The second kappa shape index (κ2) is 9.92. The lowest BCUT2D eigenvalue weighted by molar-refractivity contribution is 0.0600. The van der Waals surface area contributed by atoms with Crippen molar-refractivity contribution < 1.29 is 9.53 Å². The number of carbonyl (C=O) groups excluding carboxylic acids is 1. The van der Waals surface area contributed by atoms with Crippen LogP contribution in [0, 0.1) is 6.92 Å². The molecule has 0 aliphatic heterocycles. The lowest BCUT2D eigenvalue weighted by atomic mass is 10.1. The molecule has 2 rings (SSSR count). The number of guanidine groups is 1. The molecule has 0 unspecified atom stereocenters. The fourth-order valence-electron chi connectivity index (χ4n) is 2.14. The summed E-state index contributed by atoms with van der Waals surface area (Å²) in [6.07, 6.45) is 0.748. The molecule has 0 amide bonds. The number of nitrogens with zero attached hydrogens (tertiary/aromatic N) is 1. The maximum absolute atomic E-state index is 11.4. The van der Waals surface area contributed by atoms with Crippen LogP contribution in [0.5, 0.6) is 0 Å². The van der Waals surface area contributed by atoms with Crippen LogP contribution in [-0.2, 0) is 11.2 Å². The van der Waals surface area contributed by atoms with Crippen molar-refractivity contribution in [2.75, 3.05) is 19.0 Å². The molecular formula is C18H22IN3O2. The van der Waals surface area contributed by atoms with Gasteiger partial charge in [0.05, 0.1) is 12.7 Å². The van der Waals surface area contributed by atoms with Gasteiger partial charge < -0.3 is 15.8 Å². The van der Waals surface area contributed by atoms with Crippen LogP contribution in [0.4, 0.5) is 5.69 Å². The number of hydrogen-bond donors (Lipinski definition) is 2. The first-order chi connectivity index (χ1) is 11.1. The zero-order valence-corrected chi connectivity index (χ0v) is 16.1. The van der Waals surface area contributed by atoms with E-state index in [9.17, 15) is 4.79 Å². The normalized spacial score (nSPS) is 10.7. The van der Waals surface area contributed by atoms with E-state index in [1.807, 2.05) is 43.3 Å². The standard InChI is InChI=1S/C18H21N3O2.HI/c1-13-4-3-5-16(12-13)21-18(19)20-11-10-14-6-8-15(9-7-14)17(22)23-2;/h3-9,12H,10-11H2,1-2H3,(H3,19,20,21);1H. The van der Waals surface area contributed by atoms with Crippen molar-refractivity contribution in [1.29, 1.82) is 0 Å². The van der Waals surface area contributed by atoms with Gasteiger partial charge in [0.25, 0.3) is 0 Å². The van der Waals surface area contributed by atoms with Crippen LogP contribution in [0.3, 0.4) is 0 Å². The first-order valence-electron chi connectivity index (χ1n) is 7.39. The van der Waals surface area contributed by atoms with Crippen molar-refractivity contribution in [3.8, 4) is 0 Å². The third-order valence-corrected chi connectivity index (χ3v) is 3.35. The van der Waals surface area contributed by atoms with Gasteiger partial charge in [-0.15, -0.1) is 24.0 Å². The first-order valence-corrected chi connectivity index (χ1v) is 7.39. The van der Waals surface area contributed by atoms with Gasteiger partial charge in [-0.2, -0.15) is 0 Å². The van der Waals surface area contributed by atoms with Crippen molar-refractivity contribution >= 4 is 41.6 Å². The van der Waals surface area contributed by atoms with Crippen LogP contribution in [-0.4, -0.2) is 25.6 Å². The van der Waals surface area contributed by atoms with Crippen LogP contribution in [0.1, 0.15) is 21.5 Å². The number of carbonyl (C=O) groups is 1. The Morgan fingerprint density at radius 3 is 2.54 bits per heavy atom. The number of nitrogens with two attached hydrogens (primary N) is 1.